The van der Waals surface area contributed by atoms with Gasteiger partial charge in [0.2, 0.25) is 0 Å². The zero-order valence-corrected chi connectivity index (χ0v) is 18.3. The van der Waals surface area contributed by atoms with Crippen molar-refractivity contribution in [1.29, 1.82) is 0 Å². The van der Waals surface area contributed by atoms with Crippen molar-refractivity contribution in [3.05, 3.63) is 54.5 Å². The van der Waals surface area contributed by atoms with E-state index in [0.717, 1.165) is 16.7 Å². The number of methoxy groups -OCH3 is 1. The normalized spacial score (nSPS) is 16.6. The Labute approximate surface area is 188 Å². The van der Waals surface area contributed by atoms with Crippen LogP contribution in [0, 0.1) is 0 Å². The number of para-hydroxylation sites is 1. The van der Waals surface area contributed by atoms with E-state index < -0.39 is 12.2 Å². The van der Waals surface area contributed by atoms with Crippen molar-refractivity contribution in [3.8, 4) is 17.1 Å². The van der Waals surface area contributed by atoms with Crippen molar-refractivity contribution in [1.82, 2.24) is 24.3 Å². The van der Waals surface area contributed by atoms with Crippen molar-refractivity contribution in [2.45, 2.75) is 31.6 Å². The Bertz CT molecular complexity index is 1280. The molecule has 0 amide bonds. The fraction of sp³-hybridized carbons (Fsp3) is 0.348. The van der Waals surface area contributed by atoms with E-state index in [1.807, 2.05) is 42.1 Å². The highest BCUT2D eigenvalue weighted by atomic mass is 19.4. The van der Waals surface area contributed by atoms with Gasteiger partial charge in [0.05, 0.1) is 24.9 Å². The maximum Gasteiger partial charge on any atom is 0.408 e. The predicted molar refractivity (Wildman–Crippen MR) is 118 cm³/mol. The van der Waals surface area contributed by atoms with E-state index in [4.69, 9.17) is 9.72 Å². The minimum Gasteiger partial charge on any atom is -0.494 e. The molecular formula is C23H23F3N6O. The average molecular weight is 456 g/mol. The van der Waals surface area contributed by atoms with Gasteiger partial charge in [0.25, 0.3) is 0 Å². The van der Waals surface area contributed by atoms with Crippen molar-refractivity contribution in [2.24, 2.45) is 7.05 Å². The Morgan fingerprint density at radius 1 is 1.15 bits per heavy atom. The van der Waals surface area contributed by atoms with Gasteiger partial charge in [0.1, 0.15) is 29.0 Å². The summed E-state index contributed by atoms with van der Waals surface area (Å²) in [6, 6.07) is 9.49. The van der Waals surface area contributed by atoms with Crippen LogP contribution in [-0.4, -0.2) is 50.2 Å². The molecule has 4 aromatic rings. The molecule has 172 valence electrons. The van der Waals surface area contributed by atoms with Gasteiger partial charge in [0.15, 0.2) is 0 Å². The molecule has 1 aliphatic heterocycles. The summed E-state index contributed by atoms with van der Waals surface area (Å²) in [5, 5.41) is 4.48. The van der Waals surface area contributed by atoms with Crippen molar-refractivity contribution >= 4 is 16.9 Å². The number of imidazole rings is 1. The molecule has 10 heteroatoms. The highest BCUT2D eigenvalue weighted by Crippen LogP contribution is 2.36. The van der Waals surface area contributed by atoms with E-state index in [2.05, 4.69) is 10.1 Å². The second-order valence-corrected chi connectivity index (χ2v) is 8.13. The van der Waals surface area contributed by atoms with Gasteiger partial charge in [-0.25, -0.2) is 9.97 Å². The molecule has 0 N–H and O–H groups in total. The lowest BCUT2D eigenvalue weighted by atomic mass is 10.2. The third-order valence-corrected chi connectivity index (χ3v) is 5.97. The van der Waals surface area contributed by atoms with Gasteiger partial charge in [-0.2, -0.15) is 18.3 Å². The molecule has 1 saturated heterocycles. The number of hydrogen-bond acceptors (Lipinski definition) is 5. The zero-order valence-electron chi connectivity index (χ0n) is 18.3. The Hall–Kier alpha value is -3.56. The van der Waals surface area contributed by atoms with Crippen LogP contribution in [0.15, 0.2) is 48.8 Å². The lowest BCUT2D eigenvalue weighted by Gasteiger charge is -2.27. The van der Waals surface area contributed by atoms with E-state index in [1.54, 1.807) is 30.1 Å². The smallest absolute Gasteiger partial charge is 0.408 e. The number of aryl methyl sites for hydroxylation is 1. The number of pyridine rings is 1. The number of alkyl halides is 3. The third-order valence-electron chi connectivity index (χ3n) is 5.97. The SMILES string of the molecule is COc1cccc2nc(-c3ccc(N4CCC[C@@H]4C(F)(F)F)nc3)n(Cc3ccn(C)n3)c12. The lowest BCUT2D eigenvalue weighted by molar-refractivity contribution is -0.146. The second-order valence-electron chi connectivity index (χ2n) is 8.13. The Morgan fingerprint density at radius 2 is 2.00 bits per heavy atom. The first-order chi connectivity index (χ1) is 15.8. The molecule has 0 aliphatic carbocycles. The van der Waals surface area contributed by atoms with Crippen LogP contribution >= 0.6 is 0 Å². The van der Waals surface area contributed by atoms with E-state index in [1.165, 1.54) is 4.90 Å². The molecule has 0 radical (unpaired) electrons. The number of benzene rings is 1. The molecular weight excluding hydrogens is 433 g/mol. The summed E-state index contributed by atoms with van der Waals surface area (Å²) in [6.07, 6.45) is -0.234. The largest absolute Gasteiger partial charge is 0.494 e. The first kappa shape index (κ1) is 21.3. The Kier molecular flexibility index (Phi) is 5.22. The molecule has 7 nitrogen and oxygen atoms in total. The van der Waals surface area contributed by atoms with Crippen molar-refractivity contribution < 1.29 is 17.9 Å². The van der Waals surface area contributed by atoms with E-state index in [-0.39, 0.29) is 6.42 Å². The topological polar surface area (TPSA) is 61.0 Å². The molecule has 1 aromatic carbocycles. The number of rotatable bonds is 5. The number of anilines is 1. The highest BCUT2D eigenvalue weighted by molar-refractivity contribution is 5.86. The molecule has 0 spiro atoms. The Balaban J connectivity index is 1.56. The van der Waals surface area contributed by atoms with Crippen LogP contribution in [0.25, 0.3) is 22.4 Å². The quantitative estimate of drug-likeness (QED) is 0.445. The summed E-state index contributed by atoms with van der Waals surface area (Å²) in [5.41, 5.74) is 3.12. The predicted octanol–water partition coefficient (Wildman–Crippen LogP) is 4.42. The Morgan fingerprint density at radius 3 is 2.67 bits per heavy atom. The zero-order chi connectivity index (χ0) is 23.2. The number of halogens is 3. The molecule has 0 bridgehead atoms. The van der Waals surface area contributed by atoms with Crippen LogP contribution in [0.4, 0.5) is 19.0 Å². The first-order valence-corrected chi connectivity index (χ1v) is 10.7. The minimum atomic E-state index is -4.27. The number of aromatic nitrogens is 5. The van der Waals surface area contributed by atoms with Gasteiger partial charge in [-0.1, -0.05) is 6.07 Å². The number of fused-ring (bicyclic) bond motifs is 1. The first-order valence-electron chi connectivity index (χ1n) is 10.7. The van der Waals surface area contributed by atoms with Crippen LogP contribution in [0.2, 0.25) is 0 Å². The standard InChI is InChI=1S/C23H23F3N6O/c1-30-12-10-16(29-30)14-32-21-17(5-3-6-18(21)33-2)28-22(32)15-8-9-20(27-13-15)31-11-4-7-19(31)23(24,25)26/h3,5-6,8-10,12-13,19H,4,7,11,14H2,1-2H3/t19-/m1/s1. The molecule has 1 aliphatic rings. The fourth-order valence-corrected chi connectivity index (χ4v) is 4.47. The maximum absolute atomic E-state index is 13.4. The van der Waals surface area contributed by atoms with Crippen molar-refractivity contribution in [3.63, 3.8) is 0 Å². The van der Waals surface area contributed by atoms with E-state index in [9.17, 15) is 13.2 Å². The van der Waals surface area contributed by atoms with Gasteiger partial charge >= 0.3 is 6.18 Å². The van der Waals surface area contributed by atoms with Crippen molar-refractivity contribution in [2.75, 3.05) is 18.6 Å². The van der Waals surface area contributed by atoms with Gasteiger partial charge in [-0.05, 0) is 43.2 Å². The molecule has 0 unspecified atom stereocenters. The summed E-state index contributed by atoms with van der Waals surface area (Å²) >= 11 is 0. The summed E-state index contributed by atoms with van der Waals surface area (Å²) < 4.78 is 49.5. The molecule has 4 heterocycles. The number of hydrogen-bond donors (Lipinski definition) is 0. The molecule has 1 fully saturated rings. The van der Waals surface area contributed by atoms with Crippen LogP contribution in [0.1, 0.15) is 18.5 Å². The number of ether oxygens (including phenoxy) is 1. The fourth-order valence-electron chi connectivity index (χ4n) is 4.47. The summed E-state index contributed by atoms with van der Waals surface area (Å²) in [5.74, 6) is 1.65. The maximum atomic E-state index is 13.4. The van der Waals surface area contributed by atoms with Crippen LogP contribution < -0.4 is 9.64 Å². The van der Waals surface area contributed by atoms with Gasteiger partial charge in [-0.15, -0.1) is 0 Å². The average Bonchev–Trinajstić information content (AvgIpc) is 3.52. The second kappa shape index (κ2) is 8.09. The molecule has 33 heavy (non-hydrogen) atoms. The van der Waals surface area contributed by atoms with E-state index >= 15 is 0 Å². The monoisotopic (exact) mass is 456 g/mol. The van der Waals surface area contributed by atoms with Crippen LogP contribution in [-0.2, 0) is 13.6 Å². The third kappa shape index (κ3) is 3.90. The molecule has 5 rings (SSSR count). The minimum absolute atomic E-state index is 0.0899. The summed E-state index contributed by atoms with van der Waals surface area (Å²) in [6.45, 7) is 0.795. The summed E-state index contributed by atoms with van der Waals surface area (Å²) in [4.78, 5) is 10.5. The summed E-state index contributed by atoms with van der Waals surface area (Å²) in [7, 11) is 3.46. The van der Waals surface area contributed by atoms with Gasteiger partial charge in [0, 0.05) is 31.5 Å². The lowest BCUT2D eigenvalue weighted by Crippen LogP contribution is -2.41. The molecule has 3 aromatic heterocycles. The molecule has 1 atom stereocenters. The van der Waals surface area contributed by atoms with E-state index in [0.29, 0.717) is 42.5 Å². The van der Waals surface area contributed by atoms with Gasteiger partial charge in [-0.3, -0.25) is 4.68 Å². The number of nitrogens with zero attached hydrogens (tertiary/aromatic N) is 6. The molecule has 0 saturated carbocycles. The van der Waals surface area contributed by atoms with Gasteiger partial charge < -0.3 is 14.2 Å². The van der Waals surface area contributed by atoms with Crippen LogP contribution in [0.5, 0.6) is 5.75 Å². The highest BCUT2D eigenvalue weighted by Gasteiger charge is 2.46. The van der Waals surface area contributed by atoms with Crippen LogP contribution in [0.3, 0.4) is 0 Å².